The van der Waals surface area contributed by atoms with Gasteiger partial charge in [-0.2, -0.15) is 0 Å². The van der Waals surface area contributed by atoms with Gasteiger partial charge in [-0.1, -0.05) is 24.3 Å². The predicted octanol–water partition coefficient (Wildman–Crippen LogP) is 2.25. The van der Waals surface area contributed by atoms with Crippen molar-refractivity contribution in [2.24, 2.45) is 0 Å². The van der Waals surface area contributed by atoms with E-state index in [2.05, 4.69) is 5.32 Å². The summed E-state index contributed by atoms with van der Waals surface area (Å²) in [5.74, 6) is 0. The Labute approximate surface area is 108 Å². The maximum atomic E-state index is 11.4. The van der Waals surface area contributed by atoms with Crippen LogP contribution in [0.15, 0.2) is 24.3 Å². The molecule has 0 atom stereocenters. The van der Waals surface area contributed by atoms with Crippen molar-refractivity contribution in [3.8, 4) is 0 Å². The Morgan fingerprint density at radius 3 is 2.61 bits per heavy atom. The molecule has 0 aromatic heterocycles. The predicted molar refractivity (Wildman–Crippen MR) is 70.3 cm³/mol. The van der Waals surface area contributed by atoms with Crippen molar-refractivity contribution in [2.75, 3.05) is 6.54 Å². The highest BCUT2D eigenvalue weighted by Crippen LogP contribution is 2.07. The van der Waals surface area contributed by atoms with Crippen LogP contribution in [0.2, 0.25) is 0 Å². The number of alkyl carbamates (subject to hydrolysis) is 1. The van der Waals surface area contributed by atoms with Crippen LogP contribution >= 0.6 is 0 Å². The maximum Gasteiger partial charge on any atom is 0.407 e. The van der Waals surface area contributed by atoms with Gasteiger partial charge in [0.25, 0.3) is 0 Å². The van der Waals surface area contributed by atoms with Gasteiger partial charge in [0.1, 0.15) is 5.60 Å². The molecule has 1 aromatic carbocycles. The molecule has 0 aliphatic rings. The number of ether oxygens (including phenoxy) is 1. The Morgan fingerprint density at radius 2 is 2.00 bits per heavy atom. The molecule has 0 aliphatic carbocycles. The number of amides is 1. The lowest BCUT2D eigenvalue weighted by Gasteiger charge is -2.19. The van der Waals surface area contributed by atoms with E-state index in [4.69, 9.17) is 9.84 Å². The van der Waals surface area contributed by atoms with Gasteiger partial charge in [0, 0.05) is 6.54 Å². The molecule has 0 fully saturated rings. The topological polar surface area (TPSA) is 58.6 Å². The minimum Gasteiger partial charge on any atom is -0.444 e. The fraction of sp³-hybridized carbons (Fsp3) is 0.500. The summed E-state index contributed by atoms with van der Waals surface area (Å²) in [6.07, 6.45) is 0.313. The minimum absolute atomic E-state index is 0.0351. The van der Waals surface area contributed by atoms with Crippen LogP contribution in [0.1, 0.15) is 31.9 Å². The van der Waals surface area contributed by atoms with Gasteiger partial charge < -0.3 is 15.2 Å². The summed E-state index contributed by atoms with van der Waals surface area (Å²) in [6.45, 7) is 6.04. The summed E-state index contributed by atoms with van der Waals surface area (Å²) in [4.78, 5) is 11.4. The quantitative estimate of drug-likeness (QED) is 0.863. The molecule has 0 aliphatic heterocycles. The molecular formula is C14H21NO3. The van der Waals surface area contributed by atoms with E-state index in [-0.39, 0.29) is 6.61 Å². The summed E-state index contributed by atoms with van der Waals surface area (Å²) in [5.41, 5.74) is 1.49. The van der Waals surface area contributed by atoms with Crippen LogP contribution < -0.4 is 5.32 Å². The number of carbonyl (C=O) groups excluding carboxylic acids is 1. The van der Waals surface area contributed by atoms with Crippen LogP contribution in [-0.4, -0.2) is 23.3 Å². The normalized spacial score (nSPS) is 11.1. The van der Waals surface area contributed by atoms with Crippen molar-refractivity contribution in [3.05, 3.63) is 35.4 Å². The van der Waals surface area contributed by atoms with Crippen molar-refractivity contribution in [1.29, 1.82) is 0 Å². The van der Waals surface area contributed by atoms with Crippen LogP contribution in [0.25, 0.3) is 0 Å². The smallest absolute Gasteiger partial charge is 0.407 e. The summed E-state index contributed by atoms with van der Waals surface area (Å²) < 4.78 is 5.13. The second-order valence-electron chi connectivity index (χ2n) is 5.16. The van der Waals surface area contributed by atoms with Gasteiger partial charge in [0.15, 0.2) is 0 Å². The number of hydrogen-bond acceptors (Lipinski definition) is 3. The Morgan fingerprint density at radius 1 is 1.33 bits per heavy atom. The number of hydrogen-bond donors (Lipinski definition) is 2. The van der Waals surface area contributed by atoms with Crippen LogP contribution in [-0.2, 0) is 17.8 Å². The third-order valence-electron chi connectivity index (χ3n) is 2.26. The van der Waals surface area contributed by atoms with E-state index in [1.165, 1.54) is 0 Å². The Kier molecular flexibility index (Phi) is 5.16. The molecule has 4 heteroatoms. The van der Waals surface area contributed by atoms with E-state index in [9.17, 15) is 4.79 Å². The average molecular weight is 251 g/mol. The fourth-order valence-electron chi connectivity index (χ4n) is 1.51. The van der Waals surface area contributed by atoms with Crippen LogP contribution in [0.4, 0.5) is 4.79 Å². The van der Waals surface area contributed by atoms with E-state index in [0.717, 1.165) is 11.1 Å². The van der Waals surface area contributed by atoms with Crippen LogP contribution in [0.3, 0.4) is 0 Å². The van der Waals surface area contributed by atoms with Gasteiger partial charge in [0.2, 0.25) is 0 Å². The molecule has 100 valence electrons. The third kappa shape index (κ3) is 5.68. The van der Waals surface area contributed by atoms with Crippen LogP contribution in [0, 0.1) is 0 Å². The van der Waals surface area contributed by atoms with Gasteiger partial charge in [-0.25, -0.2) is 4.79 Å². The first-order chi connectivity index (χ1) is 8.40. The summed E-state index contributed by atoms with van der Waals surface area (Å²) in [7, 11) is 0. The lowest BCUT2D eigenvalue weighted by Crippen LogP contribution is -2.33. The second-order valence-corrected chi connectivity index (χ2v) is 5.16. The Balaban J connectivity index is 2.35. The number of rotatable bonds is 4. The highest BCUT2D eigenvalue weighted by molar-refractivity contribution is 5.67. The van der Waals surface area contributed by atoms with Gasteiger partial charge in [-0.15, -0.1) is 0 Å². The lowest BCUT2D eigenvalue weighted by molar-refractivity contribution is 0.0528. The first kappa shape index (κ1) is 14.5. The molecule has 0 saturated heterocycles. The van der Waals surface area contributed by atoms with E-state index in [1.54, 1.807) is 0 Å². The zero-order chi connectivity index (χ0) is 13.6. The summed E-state index contributed by atoms with van der Waals surface area (Å²) in [6, 6.07) is 7.66. The summed E-state index contributed by atoms with van der Waals surface area (Å²) >= 11 is 0. The number of aliphatic hydroxyl groups excluding tert-OH is 1. The van der Waals surface area contributed by atoms with E-state index >= 15 is 0 Å². The number of benzene rings is 1. The monoisotopic (exact) mass is 251 g/mol. The van der Waals surface area contributed by atoms with Crippen molar-refractivity contribution in [2.45, 2.75) is 39.4 Å². The molecule has 0 unspecified atom stereocenters. The summed E-state index contributed by atoms with van der Waals surface area (Å²) in [5, 5.41) is 11.7. The minimum atomic E-state index is -0.471. The van der Waals surface area contributed by atoms with Crippen LogP contribution in [0.5, 0.6) is 0 Å². The molecule has 0 radical (unpaired) electrons. The van der Waals surface area contributed by atoms with E-state index in [1.807, 2.05) is 45.0 Å². The van der Waals surface area contributed by atoms with Gasteiger partial charge >= 0.3 is 6.09 Å². The first-order valence-electron chi connectivity index (χ1n) is 6.06. The van der Waals surface area contributed by atoms with E-state index in [0.29, 0.717) is 13.0 Å². The van der Waals surface area contributed by atoms with Gasteiger partial charge in [-0.05, 0) is 38.3 Å². The number of carbonyl (C=O) groups is 1. The molecular weight excluding hydrogens is 230 g/mol. The molecule has 0 saturated carbocycles. The van der Waals surface area contributed by atoms with E-state index < -0.39 is 11.7 Å². The maximum absolute atomic E-state index is 11.4. The lowest BCUT2D eigenvalue weighted by atomic mass is 10.1. The Hall–Kier alpha value is -1.55. The molecule has 0 bridgehead atoms. The number of nitrogens with one attached hydrogen (secondary N) is 1. The average Bonchev–Trinajstić information content (AvgIpc) is 2.27. The first-order valence-corrected chi connectivity index (χ1v) is 6.06. The molecule has 1 aromatic rings. The zero-order valence-corrected chi connectivity index (χ0v) is 11.2. The zero-order valence-electron chi connectivity index (χ0n) is 11.2. The third-order valence-corrected chi connectivity index (χ3v) is 2.26. The van der Waals surface area contributed by atoms with Gasteiger partial charge in [-0.3, -0.25) is 0 Å². The molecule has 1 amide bonds. The van der Waals surface area contributed by atoms with Crippen molar-refractivity contribution in [1.82, 2.24) is 5.32 Å². The highest BCUT2D eigenvalue weighted by atomic mass is 16.6. The van der Waals surface area contributed by atoms with Crippen molar-refractivity contribution < 1.29 is 14.6 Å². The molecule has 18 heavy (non-hydrogen) atoms. The second kappa shape index (κ2) is 6.40. The van der Waals surface area contributed by atoms with Gasteiger partial charge in [0.05, 0.1) is 6.61 Å². The molecule has 0 heterocycles. The van der Waals surface area contributed by atoms with Crippen molar-refractivity contribution >= 4 is 6.09 Å². The molecule has 2 N–H and O–H groups in total. The Bertz CT molecular complexity index is 396. The standard InChI is InChI=1S/C14H21NO3/c1-14(2,3)18-13(17)15-8-7-11-5-4-6-12(9-11)10-16/h4-6,9,16H,7-8,10H2,1-3H3,(H,15,17). The molecule has 0 spiro atoms. The largest absolute Gasteiger partial charge is 0.444 e. The number of aliphatic hydroxyl groups is 1. The fourth-order valence-corrected chi connectivity index (χ4v) is 1.51. The molecule has 4 nitrogen and oxygen atoms in total. The molecule has 1 rings (SSSR count). The van der Waals surface area contributed by atoms with Crippen molar-refractivity contribution in [3.63, 3.8) is 0 Å². The highest BCUT2D eigenvalue weighted by Gasteiger charge is 2.15. The SMILES string of the molecule is CC(C)(C)OC(=O)NCCc1cccc(CO)c1.